The van der Waals surface area contributed by atoms with Crippen LogP contribution in [0.3, 0.4) is 0 Å². The summed E-state index contributed by atoms with van der Waals surface area (Å²) in [4.78, 5) is 4.52. The Kier molecular flexibility index (Phi) is 5.04. The molecule has 0 atom stereocenters. The number of nitrogens with zero attached hydrogens (tertiary/aromatic N) is 2. The van der Waals surface area contributed by atoms with E-state index in [4.69, 9.17) is 14.2 Å². The first-order valence-corrected chi connectivity index (χ1v) is 8.43. The minimum absolute atomic E-state index is 0.553. The number of hydrogen-bond acceptors (Lipinski definition) is 7. The highest BCUT2D eigenvalue weighted by Gasteiger charge is 2.12. The van der Waals surface area contributed by atoms with E-state index in [2.05, 4.69) is 28.5 Å². The first-order valence-electron chi connectivity index (χ1n) is 7.61. The Balaban J connectivity index is 1.82. The zero-order valence-corrected chi connectivity index (χ0v) is 15.3. The average Bonchev–Trinajstić information content (AvgIpc) is 3.05. The number of fused-ring (bicyclic) bond motifs is 1. The zero-order chi connectivity index (χ0) is 17.8. The van der Waals surface area contributed by atoms with Gasteiger partial charge in [0.25, 0.3) is 0 Å². The Morgan fingerprint density at radius 2 is 1.80 bits per heavy atom. The molecule has 130 valence electrons. The number of nitrogens with one attached hydrogen (secondary N) is 1. The van der Waals surface area contributed by atoms with E-state index in [9.17, 15) is 0 Å². The van der Waals surface area contributed by atoms with Gasteiger partial charge in [0.05, 0.1) is 37.8 Å². The molecule has 0 bridgehead atoms. The summed E-state index contributed by atoms with van der Waals surface area (Å²) in [6.45, 7) is 2.07. The van der Waals surface area contributed by atoms with Gasteiger partial charge < -0.3 is 14.2 Å². The monoisotopic (exact) mass is 357 g/mol. The van der Waals surface area contributed by atoms with Gasteiger partial charge in [-0.05, 0) is 30.7 Å². The Bertz CT molecular complexity index is 896. The molecule has 0 aliphatic heterocycles. The number of aromatic nitrogens is 1. The Morgan fingerprint density at radius 3 is 2.40 bits per heavy atom. The molecule has 0 spiro atoms. The van der Waals surface area contributed by atoms with Crippen molar-refractivity contribution in [1.82, 2.24) is 4.98 Å². The molecule has 0 saturated heterocycles. The van der Waals surface area contributed by atoms with Gasteiger partial charge in [0.15, 0.2) is 11.5 Å². The van der Waals surface area contributed by atoms with Gasteiger partial charge in [0, 0.05) is 5.56 Å². The predicted molar refractivity (Wildman–Crippen MR) is 102 cm³/mol. The van der Waals surface area contributed by atoms with E-state index < -0.39 is 0 Å². The van der Waals surface area contributed by atoms with Crippen molar-refractivity contribution in [2.24, 2.45) is 5.10 Å². The van der Waals surface area contributed by atoms with Crippen LogP contribution in [0.4, 0.5) is 5.13 Å². The summed E-state index contributed by atoms with van der Waals surface area (Å²) in [5.74, 6) is 1.72. The third-order valence-corrected chi connectivity index (χ3v) is 4.78. The maximum atomic E-state index is 5.34. The number of hydrogen-bond donors (Lipinski definition) is 1. The Hall–Kier alpha value is -2.80. The minimum Gasteiger partial charge on any atom is -0.493 e. The summed E-state index contributed by atoms with van der Waals surface area (Å²) in [6.07, 6.45) is 1.68. The predicted octanol–water partition coefficient (Wildman–Crippen LogP) is 4.08. The van der Waals surface area contributed by atoms with Crippen molar-refractivity contribution < 1.29 is 14.2 Å². The van der Waals surface area contributed by atoms with Crippen molar-refractivity contribution in [2.75, 3.05) is 26.8 Å². The maximum absolute atomic E-state index is 5.34. The summed E-state index contributed by atoms with van der Waals surface area (Å²) < 4.78 is 17.2. The number of methoxy groups -OCH3 is 3. The molecular weight excluding hydrogens is 338 g/mol. The molecule has 3 rings (SSSR count). The molecule has 0 radical (unpaired) electrons. The van der Waals surface area contributed by atoms with E-state index in [-0.39, 0.29) is 0 Å². The lowest BCUT2D eigenvalue weighted by Crippen LogP contribution is -1.97. The van der Waals surface area contributed by atoms with Gasteiger partial charge in [0.2, 0.25) is 10.9 Å². The van der Waals surface area contributed by atoms with Gasteiger partial charge in [-0.3, -0.25) is 5.43 Å². The molecule has 0 fully saturated rings. The van der Waals surface area contributed by atoms with E-state index in [0.29, 0.717) is 17.2 Å². The number of anilines is 1. The number of thiazole rings is 1. The Labute approximate surface area is 150 Å². The molecular formula is C18H19N3O3S. The van der Waals surface area contributed by atoms with Crippen LogP contribution in [0, 0.1) is 6.92 Å². The van der Waals surface area contributed by atoms with Gasteiger partial charge in [-0.15, -0.1) is 0 Å². The third-order valence-electron chi connectivity index (χ3n) is 3.67. The number of benzene rings is 2. The van der Waals surface area contributed by atoms with E-state index in [1.54, 1.807) is 38.9 Å². The average molecular weight is 357 g/mol. The molecule has 1 N–H and O–H groups in total. The molecule has 3 aromatic rings. The molecule has 0 unspecified atom stereocenters. The van der Waals surface area contributed by atoms with E-state index in [0.717, 1.165) is 20.9 Å². The lowest BCUT2D eigenvalue weighted by Gasteiger charge is -2.12. The number of rotatable bonds is 6. The van der Waals surface area contributed by atoms with Gasteiger partial charge in [-0.25, -0.2) is 4.98 Å². The second-order valence-corrected chi connectivity index (χ2v) is 6.27. The molecule has 2 aromatic carbocycles. The second kappa shape index (κ2) is 7.40. The fourth-order valence-corrected chi connectivity index (χ4v) is 3.36. The summed E-state index contributed by atoms with van der Waals surface area (Å²) >= 11 is 1.58. The normalized spacial score (nSPS) is 11.0. The van der Waals surface area contributed by atoms with Crippen LogP contribution in [0.2, 0.25) is 0 Å². The standard InChI is InChI=1S/C18H19N3O3S/c1-11-6-5-7-13-17(11)25-18(20-13)21-19-10-12-8-14(22-2)16(24-4)15(9-12)23-3/h5-10H,1-4H3,(H,20,21)/b19-10-. The van der Waals surface area contributed by atoms with Crippen molar-refractivity contribution in [3.05, 3.63) is 41.5 Å². The SMILES string of the molecule is COc1cc(/C=N\Nc2nc3cccc(C)c3s2)cc(OC)c1OC. The van der Waals surface area contributed by atoms with Crippen molar-refractivity contribution in [3.63, 3.8) is 0 Å². The summed E-state index contributed by atoms with van der Waals surface area (Å²) in [5.41, 5.74) is 5.97. The maximum Gasteiger partial charge on any atom is 0.204 e. The van der Waals surface area contributed by atoms with Crippen LogP contribution in [0.15, 0.2) is 35.4 Å². The van der Waals surface area contributed by atoms with Crippen molar-refractivity contribution in [3.8, 4) is 17.2 Å². The number of aryl methyl sites for hydroxylation is 1. The second-order valence-electron chi connectivity index (χ2n) is 5.27. The number of ether oxygens (including phenoxy) is 3. The first kappa shape index (κ1) is 17.0. The van der Waals surface area contributed by atoms with Crippen LogP contribution < -0.4 is 19.6 Å². The molecule has 1 aromatic heterocycles. The highest BCUT2D eigenvalue weighted by Crippen LogP contribution is 2.37. The van der Waals surface area contributed by atoms with Gasteiger partial charge in [-0.2, -0.15) is 5.10 Å². The van der Waals surface area contributed by atoms with Crippen molar-refractivity contribution in [1.29, 1.82) is 0 Å². The van der Waals surface area contributed by atoms with Crippen LogP contribution in [0.25, 0.3) is 10.2 Å². The topological polar surface area (TPSA) is 65.0 Å². The molecule has 25 heavy (non-hydrogen) atoms. The van der Waals surface area contributed by atoms with Gasteiger partial charge >= 0.3 is 0 Å². The lowest BCUT2D eigenvalue weighted by molar-refractivity contribution is 0.324. The molecule has 1 heterocycles. The van der Waals surface area contributed by atoms with Crippen LogP contribution in [0.5, 0.6) is 17.2 Å². The van der Waals surface area contributed by atoms with E-state index in [1.165, 1.54) is 5.56 Å². The van der Waals surface area contributed by atoms with Crippen LogP contribution in [-0.4, -0.2) is 32.5 Å². The van der Waals surface area contributed by atoms with Gasteiger partial charge in [0.1, 0.15) is 0 Å². The fraction of sp³-hybridized carbons (Fsp3) is 0.222. The fourth-order valence-electron chi connectivity index (χ4n) is 2.47. The summed E-state index contributed by atoms with van der Waals surface area (Å²) in [7, 11) is 4.74. The smallest absolute Gasteiger partial charge is 0.204 e. The van der Waals surface area contributed by atoms with Crippen LogP contribution in [-0.2, 0) is 0 Å². The van der Waals surface area contributed by atoms with Gasteiger partial charge in [-0.1, -0.05) is 23.5 Å². The van der Waals surface area contributed by atoms with Crippen molar-refractivity contribution in [2.45, 2.75) is 6.92 Å². The lowest BCUT2D eigenvalue weighted by atomic mass is 10.2. The van der Waals surface area contributed by atoms with E-state index in [1.807, 2.05) is 24.3 Å². The molecule has 0 aliphatic carbocycles. The molecule has 0 amide bonds. The largest absolute Gasteiger partial charge is 0.493 e. The highest BCUT2D eigenvalue weighted by molar-refractivity contribution is 7.22. The van der Waals surface area contributed by atoms with E-state index >= 15 is 0 Å². The summed E-state index contributed by atoms with van der Waals surface area (Å²) in [6, 6.07) is 9.72. The quantitative estimate of drug-likeness (QED) is 0.532. The highest BCUT2D eigenvalue weighted by atomic mass is 32.1. The molecule has 0 saturated carbocycles. The molecule has 7 heteroatoms. The zero-order valence-electron chi connectivity index (χ0n) is 14.5. The molecule has 0 aliphatic rings. The number of hydrazone groups is 1. The van der Waals surface area contributed by atoms with Crippen LogP contribution in [0.1, 0.15) is 11.1 Å². The Morgan fingerprint density at radius 1 is 1.08 bits per heavy atom. The molecule has 6 nitrogen and oxygen atoms in total. The van der Waals surface area contributed by atoms with Crippen molar-refractivity contribution >= 4 is 32.9 Å². The van der Waals surface area contributed by atoms with Crippen LogP contribution >= 0.6 is 11.3 Å². The third kappa shape index (κ3) is 3.51. The summed E-state index contributed by atoms with van der Waals surface area (Å²) in [5, 5.41) is 5.01. The first-order chi connectivity index (χ1) is 12.2. The minimum atomic E-state index is 0.553.